The van der Waals surface area contributed by atoms with Crippen LogP contribution < -0.4 is 0 Å². The molecule has 1 fully saturated rings. The number of rotatable bonds is 5. The molecule has 1 aliphatic rings. The zero-order chi connectivity index (χ0) is 16.8. The number of carbonyl (C=O) groups is 3. The Morgan fingerprint density at radius 2 is 2.13 bits per heavy atom. The Kier molecular flexibility index (Phi) is 6.15. The summed E-state index contributed by atoms with van der Waals surface area (Å²) in [5.74, 6) is -1.14. The molecular weight excluding hydrogens is 316 g/mol. The summed E-state index contributed by atoms with van der Waals surface area (Å²) in [4.78, 5) is 38.2. The Morgan fingerprint density at radius 3 is 2.74 bits per heavy atom. The number of thiophene rings is 1. The van der Waals surface area contributed by atoms with E-state index in [-0.39, 0.29) is 24.4 Å². The van der Waals surface area contributed by atoms with Gasteiger partial charge in [0.2, 0.25) is 11.8 Å². The Balaban J connectivity index is 1.94. The second kappa shape index (κ2) is 8.10. The highest BCUT2D eigenvalue weighted by Crippen LogP contribution is 2.18. The van der Waals surface area contributed by atoms with Gasteiger partial charge in [-0.05, 0) is 41.7 Å². The molecule has 2 rings (SSSR count). The fourth-order valence-corrected chi connectivity index (χ4v) is 3.63. The van der Waals surface area contributed by atoms with E-state index >= 15 is 0 Å². The molecule has 1 atom stereocenters. The van der Waals surface area contributed by atoms with Gasteiger partial charge in [0.1, 0.15) is 6.54 Å². The fourth-order valence-electron chi connectivity index (χ4n) is 2.96. The van der Waals surface area contributed by atoms with Crippen LogP contribution in [0.5, 0.6) is 0 Å². The van der Waals surface area contributed by atoms with Gasteiger partial charge < -0.3 is 14.9 Å². The molecule has 1 N–H and O–H groups in total. The van der Waals surface area contributed by atoms with Crippen molar-refractivity contribution < 1.29 is 19.5 Å². The van der Waals surface area contributed by atoms with Gasteiger partial charge in [0.25, 0.3) is 0 Å². The molecule has 23 heavy (non-hydrogen) atoms. The van der Waals surface area contributed by atoms with Gasteiger partial charge in [-0.1, -0.05) is 0 Å². The Bertz CT molecular complexity index is 558. The van der Waals surface area contributed by atoms with Crippen molar-refractivity contribution in [2.24, 2.45) is 0 Å². The van der Waals surface area contributed by atoms with Crippen LogP contribution in [-0.2, 0) is 20.8 Å². The van der Waals surface area contributed by atoms with E-state index in [0.717, 1.165) is 18.4 Å². The Morgan fingerprint density at radius 1 is 1.35 bits per heavy atom. The third-order valence-electron chi connectivity index (χ3n) is 4.14. The average Bonchev–Trinajstić information content (AvgIpc) is 2.86. The summed E-state index contributed by atoms with van der Waals surface area (Å²) >= 11 is 1.58. The van der Waals surface area contributed by atoms with Gasteiger partial charge in [0, 0.05) is 26.1 Å². The largest absolute Gasteiger partial charge is 0.480 e. The molecule has 0 saturated carbocycles. The molecule has 2 amide bonds. The highest BCUT2D eigenvalue weighted by molar-refractivity contribution is 7.08. The summed E-state index contributed by atoms with van der Waals surface area (Å²) in [6.07, 6.45) is 2.54. The Hall–Kier alpha value is -1.89. The van der Waals surface area contributed by atoms with Crippen molar-refractivity contribution in [3.8, 4) is 0 Å². The first kappa shape index (κ1) is 17.5. The molecule has 1 aromatic rings. The van der Waals surface area contributed by atoms with Crippen molar-refractivity contribution >= 4 is 29.1 Å². The van der Waals surface area contributed by atoms with Crippen molar-refractivity contribution in [2.45, 2.75) is 38.6 Å². The SMILES string of the molecule is CC(=O)N(CC(=O)O)C1CCCN(C(=O)Cc2ccsc2)CC1. The molecule has 0 aromatic carbocycles. The van der Waals surface area contributed by atoms with E-state index in [1.54, 1.807) is 11.3 Å². The lowest BCUT2D eigenvalue weighted by Crippen LogP contribution is -2.43. The molecule has 1 saturated heterocycles. The molecule has 0 bridgehead atoms. The molecule has 7 heteroatoms. The molecule has 1 unspecified atom stereocenters. The van der Waals surface area contributed by atoms with Crippen molar-refractivity contribution in [3.05, 3.63) is 22.4 Å². The third kappa shape index (κ3) is 5.06. The summed E-state index contributed by atoms with van der Waals surface area (Å²) in [5, 5.41) is 12.9. The minimum atomic E-state index is -1.00. The monoisotopic (exact) mass is 338 g/mol. The zero-order valence-corrected chi connectivity index (χ0v) is 14.1. The number of likely N-dealkylation sites (tertiary alicyclic amines) is 1. The molecule has 126 valence electrons. The highest BCUT2D eigenvalue weighted by Gasteiger charge is 2.27. The fraction of sp³-hybridized carbons (Fsp3) is 0.562. The van der Waals surface area contributed by atoms with Crippen LogP contribution in [0.1, 0.15) is 31.7 Å². The van der Waals surface area contributed by atoms with Crippen LogP contribution in [0.25, 0.3) is 0 Å². The standard InChI is InChI=1S/C16H22N2O4S/c1-12(19)18(10-16(21)22)14-3-2-6-17(7-4-14)15(20)9-13-5-8-23-11-13/h5,8,11,14H,2-4,6-7,9-10H2,1H3,(H,21,22). The van der Waals surface area contributed by atoms with E-state index in [2.05, 4.69) is 0 Å². The van der Waals surface area contributed by atoms with Gasteiger partial charge in [0.05, 0.1) is 6.42 Å². The lowest BCUT2D eigenvalue weighted by molar-refractivity contribution is -0.145. The molecule has 1 aromatic heterocycles. The second-order valence-corrected chi connectivity index (χ2v) is 6.59. The second-order valence-electron chi connectivity index (χ2n) is 5.81. The number of hydrogen-bond donors (Lipinski definition) is 1. The first-order valence-corrected chi connectivity index (χ1v) is 8.69. The average molecular weight is 338 g/mol. The van der Waals surface area contributed by atoms with Crippen LogP contribution in [-0.4, -0.2) is 58.4 Å². The summed E-state index contributed by atoms with van der Waals surface area (Å²) in [5.41, 5.74) is 1.03. The minimum absolute atomic E-state index is 0.0941. The van der Waals surface area contributed by atoms with Gasteiger partial charge in [-0.3, -0.25) is 14.4 Å². The summed E-state index contributed by atoms with van der Waals surface area (Å²) in [6, 6.07) is 1.84. The molecule has 2 heterocycles. The maximum Gasteiger partial charge on any atom is 0.323 e. The topological polar surface area (TPSA) is 77.9 Å². The number of nitrogens with zero attached hydrogens (tertiary/aromatic N) is 2. The lowest BCUT2D eigenvalue weighted by Gasteiger charge is -2.28. The molecule has 6 nitrogen and oxygen atoms in total. The van der Waals surface area contributed by atoms with Gasteiger partial charge >= 0.3 is 5.97 Å². The van der Waals surface area contributed by atoms with Gasteiger partial charge in [0.15, 0.2) is 0 Å². The van der Waals surface area contributed by atoms with E-state index in [9.17, 15) is 14.4 Å². The molecule has 1 aliphatic heterocycles. The van der Waals surface area contributed by atoms with Crippen LogP contribution in [0.15, 0.2) is 16.8 Å². The molecule has 0 aliphatic carbocycles. The normalized spacial score (nSPS) is 18.3. The van der Waals surface area contributed by atoms with Crippen LogP contribution >= 0.6 is 11.3 Å². The number of amides is 2. The number of carbonyl (C=O) groups excluding carboxylic acids is 2. The lowest BCUT2D eigenvalue weighted by atomic mass is 10.1. The summed E-state index contributed by atoms with van der Waals surface area (Å²) in [7, 11) is 0. The maximum absolute atomic E-state index is 12.4. The smallest absolute Gasteiger partial charge is 0.323 e. The van der Waals surface area contributed by atoms with E-state index in [1.165, 1.54) is 11.8 Å². The maximum atomic E-state index is 12.4. The van der Waals surface area contributed by atoms with Crippen LogP contribution in [0.4, 0.5) is 0 Å². The number of carboxylic acid groups (broad SMARTS) is 1. The quantitative estimate of drug-likeness (QED) is 0.885. The predicted molar refractivity (Wildman–Crippen MR) is 87.3 cm³/mol. The summed E-state index contributed by atoms with van der Waals surface area (Å²) in [6.45, 7) is 2.35. The van der Waals surface area contributed by atoms with Crippen LogP contribution in [0, 0.1) is 0 Å². The number of carboxylic acids is 1. The van der Waals surface area contributed by atoms with Gasteiger partial charge in [-0.25, -0.2) is 0 Å². The van der Waals surface area contributed by atoms with Crippen molar-refractivity contribution in [2.75, 3.05) is 19.6 Å². The van der Waals surface area contributed by atoms with Crippen LogP contribution in [0.2, 0.25) is 0 Å². The first-order valence-electron chi connectivity index (χ1n) is 7.75. The van der Waals surface area contributed by atoms with E-state index in [1.807, 2.05) is 21.7 Å². The minimum Gasteiger partial charge on any atom is -0.480 e. The van der Waals surface area contributed by atoms with Gasteiger partial charge in [-0.15, -0.1) is 0 Å². The molecule has 0 spiro atoms. The van der Waals surface area contributed by atoms with Crippen molar-refractivity contribution in [1.29, 1.82) is 0 Å². The Labute approximate surface area is 139 Å². The van der Waals surface area contributed by atoms with E-state index in [0.29, 0.717) is 25.9 Å². The van der Waals surface area contributed by atoms with E-state index < -0.39 is 5.97 Å². The number of aliphatic carboxylic acids is 1. The van der Waals surface area contributed by atoms with E-state index in [4.69, 9.17) is 5.11 Å². The van der Waals surface area contributed by atoms with Crippen LogP contribution in [0.3, 0.4) is 0 Å². The molecular formula is C16H22N2O4S. The third-order valence-corrected chi connectivity index (χ3v) is 4.87. The van der Waals surface area contributed by atoms with Crippen molar-refractivity contribution in [3.63, 3.8) is 0 Å². The predicted octanol–water partition coefficient (Wildman–Crippen LogP) is 1.60. The highest BCUT2D eigenvalue weighted by atomic mass is 32.1. The zero-order valence-electron chi connectivity index (χ0n) is 13.2. The first-order chi connectivity index (χ1) is 11.0. The van der Waals surface area contributed by atoms with Crippen molar-refractivity contribution in [1.82, 2.24) is 9.80 Å². The molecule has 0 radical (unpaired) electrons. The number of hydrogen-bond acceptors (Lipinski definition) is 4. The van der Waals surface area contributed by atoms with Gasteiger partial charge in [-0.2, -0.15) is 11.3 Å². The summed E-state index contributed by atoms with van der Waals surface area (Å²) < 4.78 is 0.